The van der Waals surface area contributed by atoms with E-state index < -0.39 is 42.6 Å². The molecule has 0 heterocycles. The molecule has 11 heteroatoms. The summed E-state index contributed by atoms with van der Waals surface area (Å²) >= 11 is 0. The first kappa shape index (κ1) is 26.9. The fraction of sp³-hybridized carbons (Fsp3) is 0.900. The van der Waals surface area contributed by atoms with Crippen molar-refractivity contribution in [3.8, 4) is 0 Å². The number of carbonyl (C=O) groups is 2. The van der Waals surface area contributed by atoms with Gasteiger partial charge in [-0.1, -0.05) is 27.7 Å². The minimum absolute atomic E-state index is 0. The zero-order chi connectivity index (χ0) is 23.0. The largest absolute Gasteiger partial charge is 0.299 e. The first-order chi connectivity index (χ1) is 13.4. The average molecular weight is 520 g/mol. The van der Waals surface area contributed by atoms with Gasteiger partial charge < -0.3 is 0 Å². The van der Waals surface area contributed by atoms with Crippen molar-refractivity contribution >= 4 is 31.8 Å². The molecule has 4 fully saturated rings. The molecule has 0 aromatic heterocycles. The van der Waals surface area contributed by atoms with Crippen LogP contribution >= 0.6 is 0 Å². The van der Waals surface area contributed by atoms with Gasteiger partial charge in [-0.2, -0.15) is 16.8 Å². The Morgan fingerprint density at radius 3 is 1.19 bits per heavy atom. The van der Waals surface area contributed by atoms with Crippen LogP contribution in [0.25, 0.3) is 0 Å². The smallest absolute Gasteiger partial charge is 0.265 e. The predicted octanol–water partition coefficient (Wildman–Crippen LogP) is 2.54. The number of hydrogen-bond donors (Lipinski definition) is 2. The van der Waals surface area contributed by atoms with E-state index in [0.29, 0.717) is 25.7 Å². The van der Waals surface area contributed by atoms with Gasteiger partial charge in [0.1, 0.15) is 11.6 Å². The number of Topliss-reactive ketones (excluding diaryl/α,β-unsaturated/α-hetero) is 2. The number of carbonyl (C=O) groups excluding carboxylic acids is 2. The molecule has 2 N–H and O–H groups in total. The topological polar surface area (TPSA) is 143 Å². The number of hydrogen-bond acceptors (Lipinski definition) is 6. The fourth-order valence-corrected chi connectivity index (χ4v) is 9.44. The van der Waals surface area contributed by atoms with Gasteiger partial charge in [-0.25, -0.2) is 0 Å². The molecule has 4 aliphatic carbocycles. The third kappa shape index (κ3) is 4.19. The summed E-state index contributed by atoms with van der Waals surface area (Å²) in [6.07, 6.45) is 3.94. The first-order valence-electron chi connectivity index (χ1n) is 10.3. The maximum atomic E-state index is 11.9. The van der Waals surface area contributed by atoms with Crippen molar-refractivity contribution in [2.24, 2.45) is 33.5 Å². The Kier molecular flexibility index (Phi) is 6.84. The summed E-state index contributed by atoms with van der Waals surface area (Å²) in [6, 6.07) is 0. The normalized spacial score (nSPS) is 37.4. The molecule has 4 bridgehead atoms. The summed E-state index contributed by atoms with van der Waals surface area (Å²) in [7, 11) is -8.15. The van der Waals surface area contributed by atoms with Crippen LogP contribution in [-0.2, 0) is 46.9 Å². The molecule has 4 atom stereocenters. The van der Waals surface area contributed by atoms with E-state index in [1.807, 2.05) is 27.7 Å². The second kappa shape index (κ2) is 7.87. The van der Waals surface area contributed by atoms with Crippen LogP contribution < -0.4 is 0 Å². The third-order valence-electron chi connectivity index (χ3n) is 9.14. The van der Waals surface area contributed by atoms with Crippen molar-refractivity contribution in [2.75, 3.05) is 11.5 Å². The van der Waals surface area contributed by atoms with Crippen molar-refractivity contribution in [3.63, 3.8) is 0 Å². The van der Waals surface area contributed by atoms with Crippen molar-refractivity contribution in [1.82, 2.24) is 0 Å². The van der Waals surface area contributed by atoms with Crippen molar-refractivity contribution in [2.45, 2.75) is 66.2 Å². The molecular weight excluding hydrogens is 488 g/mol. The molecule has 0 aliphatic heterocycles. The van der Waals surface area contributed by atoms with Gasteiger partial charge in [0.05, 0.1) is 22.3 Å². The Labute approximate surface area is 195 Å². The van der Waals surface area contributed by atoms with E-state index in [1.54, 1.807) is 0 Å². The van der Waals surface area contributed by atoms with Crippen molar-refractivity contribution in [3.05, 3.63) is 0 Å². The van der Waals surface area contributed by atoms with E-state index >= 15 is 0 Å². The second-order valence-electron chi connectivity index (χ2n) is 10.8. The molecule has 0 aromatic rings. The minimum Gasteiger partial charge on any atom is -0.299 e. The quantitative estimate of drug-likeness (QED) is 0.425. The predicted molar refractivity (Wildman–Crippen MR) is 110 cm³/mol. The van der Waals surface area contributed by atoms with Gasteiger partial charge in [-0.3, -0.25) is 18.7 Å². The maximum absolute atomic E-state index is 11.9. The second-order valence-corrected chi connectivity index (χ2v) is 13.7. The van der Waals surface area contributed by atoms with Crippen LogP contribution in [0.2, 0.25) is 0 Å². The monoisotopic (exact) mass is 520 g/mol. The summed E-state index contributed by atoms with van der Waals surface area (Å²) in [5.74, 6) is -0.203. The van der Waals surface area contributed by atoms with Crippen LogP contribution in [0.15, 0.2) is 0 Å². The van der Waals surface area contributed by atoms with E-state index in [1.165, 1.54) is 0 Å². The van der Waals surface area contributed by atoms with Gasteiger partial charge in [0.15, 0.2) is 0 Å². The van der Waals surface area contributed by atoms with Gasteiger partial charge in [0, 0.05) is 29.9 Å². The maximum Gasteiger partial charge on any atom is 0.265 e. The number of fused-ring (bicyclic) bond motifs is 4. The molecule has 0 radical (unpaired) electrons. The van der Waals surface area contributed by atoms with Gasteiger partial charge in [0.25, 0.3) is 20.2 Å². The third-order valence-corrected chi connectivity index (χ3v) is 10.9. The molecule has 0 saturated heterocycles. The van der Waals surface area contributed by atoms with Crippen LogP contribution in [0.3, 0.4) is 0 Å². The zero-order valence-corrected chi connectivity index (χ0v) is 21.1. The molecule has 31 heavy (non-hydrogen) atoms. The molecule has 4 rings (SSSR count). The van der Waals surface area contributed by atoms with E-state index in [4.69, 9.17) is 9.11 Å². The van der Waals surface area contributed by atoms with Gasteiger partial charge >= 0.3 is 0 Å². The van der Waals surface area contributed by atoms with E-state index in [0.717, 1.165) is 12.8 Å². The van der Waals surface area contributed by atoms with Gasteiger partial charge in [0.2, 0.25) is 0 Å². The molecule has 8 nitrogen and oxygen atoms in total. The summed E-state index contributed by atoms with van der Waals surface area (Å²) in [5, 5.41) is 0. The Hall–Kier alpha value is -0.321. The molecule has 0 spiro atoms. The molecule has 180 valence electrons. The van der Waals surface area contributed by atoms with Crippen LogP contribution in [-0.4, -0.2) is 49.0 Å². The zero-order valence-electron chi connectivity index (χ0n) is 18.3. The summed E-state index contributed by atoms with van der Waals surface area (Å²) < 4.78 is 62.0. The SMILES string of the molecule is CC1(C)C2CCC1(CS(=O)(=O)O)C(=O)C2.CC1(C)C2CCC1(CS(=O)(=O)O)C(=O)C2.[Fe]. The summed E-state index contributed by atoms with van der Waals surface area (Å²) in [4.78, 5) is 23.8. The average Bonchev–Trinajstić information content (AvgIpc) is 3.05. The minimum atomic E-state index is -4.08. The first-order valence-corrected chi connectivity index (χ1v) is 13.6. The van der Waals surface area contributed by atoms with Crippen LogP contribution in [0.5, 0.6) is 0 Å². The number of ketones is 2. The van der Waals surface area contributed by atoms with Crippen LogP contribution in [0.1, 0.15) is 66.2 Å². The van der Waals surface area contributed by atoms with Crippen LogP contribution in [0, 0.1) is 33.5 Å². The molecule has 0 amide bonds. The summed E-state index contributed by atoms with van der Waals surface area (Å²) in [5.41, 5.74) is -2.24. The van der Waals surface area contributed by atoms with Crippen LogP contribution in [0.4, 0.5) is 0 Å². The molecular formula is C20H32FeO8S2. The Balaban J connectivity index is 0.000000213. The summed E-state index contributed by atoms with van der Waals surface area (Å²) in [6.45, 7) is 7.78. The van der Waals surface area contributed by atoms with Gasteiger partial charge in [-0.15, -0.1) is 0 Å². The molecule has 4 aliphatic rings. The van der Waals surface area contributed by atoms with E-state index in [2.05, 4.69) is 0 Å². The van der Waals surface area contributed by atoms with Gasteiger partial charge in [-0.05, 0) is 48.3 Å². The Morgan fingerprint density at radius 1 is 0.742 bits per heavy atom. The fourth-order valence-electron chi connectivity index (χ4n) is 6.84. The Bertz CT molecular complexity index is 905. The molecule has 4 saturated carbocycles. The molecule has 0 aromatic carbocycles. The van der Waals surface area contributed by atoms with Crippen molar-refractivity contribution in [1.29, 1.82) is 0 Å². The number of rotatable bonds is 4. The van der Waals surface area contributed by atoms with E-state index in [-0.39, 0.29) is 51.3 Å². The van der Waals surface area contributed by atoms with E-state index in [9.17, 15) is 26.4 Å². The molecule has 4 unspecified atom stereocenters. The standard InChI is InChI=1S/2C10H16O4S.Fe/c2*1-9(2)7-3-4-10(9,8(11)5-7)6-15(12,13)14;/h2*7H,3-6H2,1-2H3,(H,12,13,14);. The van der Waals surface area contributed by atoms with Crippen molar-refractivity contribution < 1.29 is 52.6 Å². The Morgan fingerprint density at radius 2 is 1.03 bits per heavy atom.